The van der Waals surface area contributed by atoms with Gasteiger partial charge in [-0.3, -0.25) is 14.4 Å². The Bertz CT molecular complexity index is 636. The van der Waals surface area contributed by atoms with Gasteiger partial charge in [-0.15, -0.1) is 0 Å². The van der Waals surface area contributed by atoms with E-state index >= 15 is 0 Å². The van der Waals surface area contributed by atoms with E-state index in [0.29, 0.717) is 28.7 Å². The van der Waals surface area contributed by atoms with Crippen molar-refractivity contribution in [3.8, 4) is 0 Å². The molecule has 1 fully saturated rings. The third-order valence-electron chi connectivity index (χ3n) is 3.58. The normalized spacial score (nSPS) is 17.6. The number of hydrogen-bond acceptors (Lipinski definition) is 4. The summed E-state index contributed by atoms with van der Waals surface area (Å²) in [7, 11) is 1.24. The fraction of sp³-hybridized carbons (Fsp3) is 0.400. The first-order valence-corrected chi connectivity index (χ1v) is 7.76. The number of benzene rings is 1. The minimum absolute atomic E-state index is 0.0713. The zero-order valence-electron chi connectivity index (χ0n) is 12.5. The minimum atomic E-state index is -0.855. The summed E-state index contributed by atoms with van der Waals surface area (Å²) in [6, 6.07) is 4.07. The van der Waals surface area contributed by atoms with Gasteiger partial charge in [0.1, 0.15) is 6.04 Å². The average molecular weight is 359 g/mol. The van der Waals surface area contributed by atoms with Crippen LogP contribution in [0, 0.1) is 0 Å². The lowest BCUT2D eigenvalue weighted by Crippen LogP contribution is -2.58. The van der Waals surface area contributed by atoms with Gasteiger partial charge in [0, 0.05) is 13.1 Å². The molecule has 0 aromatic heterocycles. The lowest BCUT2D eigenvalue weighted by molar-refractivity contribution is -0.150. The number of ether oxygens (including phenoxy) is 1. The first-order chi connectivity index (χ1) is 10.9. The van der Waals surface area contributed by atoms with Crippen LogP contribution in [0.1, 0.15) is 12.0 Å². The predicted octanol–water partition coefficient (Wildman–Crippen LogP) is 1.43. The van der Waals surface area contributed by atoms with Gasteiger partial charge < -0.3 is 15.0 Å². The molecule has 1 aliphatic heterocycles. The summed E-state index contributed by atoms with van der Waals surface area (Å²) >= 11 is 11.8. The van der Waals surface area contributed by atoms with Gasteiger partial charge in [-0.1, -0.05) is 29.3 Å². The molecule has 1 aromatic carbocycles. The van der Waals surface area contributed by atoms with Crippen molar-refractivity contribution in [1.82, 2.24) is 10.2 Å². The third-order valence-corrected chi connectivity index (χ3v) is 4.32. The monoisotopic (exact) mass is 358 g/mol. The van der Waals surface area contributed by atoms with Crippen LogP contribution in [-0.4, -0.2) is 48.9 Å². The van der Waals surface area contributed by atoms with E-state index in [0.717, 1.165) is 0 Å². The molecule has 0 spiro atoms. The van der Waals surface area contributed by atoms with Crippen molar-refractivity contribution in [1.29, 1.82) is 0 Å². The SMILES string of the molecule is COC(=O)C[C@H]1C(=O)NCCN1C(=O)Cc1ccc(Cl)c(Cl)c1. The second kappa shape index (κ2) is 7.66. The zero-order chi connectivity index (χ0) is 17.0. The van der Waals surface area contributed by atoms with Gasteiger partial charge in [0.2, 0.25) is 11.8 Å². The zero-order valence-corrected chi connectivity index (χ0v) is 14.0. The number of rotatable bonds is 4. The van der Waals surface area contributed by atoms with E-state index < -0.39 is 12.0 Å². The Morgan fingerprint density at radius 3 is 2.74 bits per heavy atom. The van der Waals surface area contributed by atoms with E-state index in [4.69, 9.17) is 23.2 Å². The van der Waals surface area contributed by atoms with Crippen LogP contribution in [-0.2, 0) is 25.5 Å². The topological polar surface area (TPSA) is 75.7 Å². The maximum Gasteiger partial charge on any atom is 0.308 e. The number of carbonyl (C=O) groups is 3. The number of amides is 2. The molecule has 1 N–H and O–H groups in total. The Balaban J connectivity index is 2.12. The molecule has 1 aromatic rings. The molecule has 0 radical (unpaired) electrons. The maximum absolute atomic E-state index is 12.5. The largest absolute Gasteiger partial charge is 0.469 e. The van der Waals surface area contributed by atoms with Gasteiger partial charge in [0.25, 0.3) is 0 Å². The van der Waals surface area contributed by atoms with Crippen molar-refractivity contribution < 1.29 is 19.1 Å². The Kier molecular flexibility index (Phi) is 5.85. The molecule has 1 aliphatic rings. The molecule has 124 valence electrons. The first kappa shape index (κ1) is 17.6. The lowest BCUT2D eigenvalue weighted by atomic mass is 10.1. The van der Waals surface area contributed by atoms with Crippen molar-refractivity contribution in [2.24, 2.45) is 0 Å². The summed E-state index contributed by atoms with van der Waals surface area (Å²) < 4.78 is 4.59. The summed E-state index contributed by atoms with van der Waals surface area (Å²) in [6.45, 7) is 0.692. The molecule has 0 unspecified atom stereocenters. The van der Waals surface area contributed by atoms with E-state index in [1.54, 1.807) is 18.2 Å². The second-order valence-corrected chi connectivity index (χ2v) is 5.91. The van der Waals surface area contributed by atoms with Crippen molar-refractivity contribution in [2.45, 2.75) is 18.9 Å². The van der Waals surface area contributed by atoms with Gasteiger partial charge in [0.15, 0.2) is 0 Å². The number of hydrogen-bond donors (Lipinski definition) is 1. The number of carbonyl (C=O) groups excluding carboxylic acids is 3. The van der Waals surface area contributed by atoms with E-state index in [1.165, 1.54) is 12.0 Å². The standard InChI is InChI=1S/C15H16Cl2N2O4/c1-23-14(21)8-12-15(22)18-4-5-19(12)13(20)7-9-2-3-10(16)11(17)6-9/h2-3,6,12H,4-5,7-8H2,1H3,(H,18,22)/t12-/m0/s1. The summed E-state index contributed by atoms with van der Waals surface area (Å²) in [5.41, 5.74) is 0.687. The molecule has 8 heteroatoms. The molecular weight excluding hydrogens is 343 g/mol. The first-order valence-electron chi connectivity index (χ1n) is 7.00. The van der Waals surface area contributed by atoms with Crippen LogP contribution in [0.5, 0.6) is 0 Å². The minimum Gasteiger partial charge on any atom is -0.469 e. The highest BCUT2D eigenvalue weighted by atomic mass is 35.5. The number of esters is 1. The van der Waals surface area contributed by atoms with Gasteiger partial charge >= 0.3 is 5.97 Å². The van der Waals surface area contributed by atoms with Crippen LogP contribution in [0.2, 0.25) is 10.0 Å². The number of piperazine rings is 1. The van der Waals surface area contributed by atoms with E-state index in [1.807, 2.05) is 0 Å². The van der Waals surface area contributed by atoms with E-state index in [-0.39, 0.29) is 24.7 Å². The van der Waals surface area contributed by atoms with Crippen LogP contribution in [0.25, 0.3) is 0 Å². The van der Waals surface area contributed by atoms with Gasteiger partial charge in [-0.25, -0.2) is 0 Å². The molecule has 1 heterocycles. The smallest absolute Gasteiger partial charge is 0.308 e. The molecule has 2 amide bonds. The van der Waals surface area contributed by atoms with Gasteiger partial charge in [0.05, 0.1) is 30.0 Å². The molecule has 1 atom stereocenters. The van der Waals surface area contributed by atoms with Crippen molar-refractivity contribution >= 4 is 41.0 Å². The lowest BCUT2D eigenvalue weighted by Gasteiger charge is -2.34. The Morgan fingerprint density at radius 2 is 2.09 bits per heavy atom. The fourth-order valence-electron chi connectivity index (χ4n) is 2.38. The van der Waals surface area contributed by atoms with Gasteiger partial charge in [-0.2, -0.15) is 0 Å². The second-order valence-electron chi connectivity index (χ2n) is 5.10. The summed E-state index contributed by atoms with van der Waals surface area (Å²) in [4.78, 5) is 37.3. The number of halogens is 2. The van der Waals surface area contributed by atoms with Crippen molar-refractivity contribution in [3.63, 3.8) is 0 Å². The van der Waals surface area contributed by atoms with Crippen LogP contribution >= 0.6 is 23.2 Å². The van der Waals surface area contributed by atoms with Crippen LogP contribution in [0.3, 0.4) is 0 Å². The number of nitrogens with zero attached hydrogens (tertiary/aromatic N) is 1. The number of nitrogens with one attached hydrogen (secondary N) is 1. The van der Waals surface area contributed by atoms with E-state index in [9.17, 15) is 14.4 Å². The van der Waals surface area contributed by atoms with Gasteiger partial charge in [-0.05, 0) is 17.7 Å². The molecule has 0 aliphatic carbocycles. The van der Waals surface area contributed by atoms with Crippen LogP contribution < -0.4 is 5.32 Å². The third kappa shape index (κ3) is 4.36. The molecule has 0 bridgehead atoms. The predicted molar refractivity (Wildman–Crippen MR) is 85.3 cm³/mol. The molecule has 0 saturated carbocycles. The summed E-state index contributed by atoms with van der Waals surface area (Å²) in [6.07, 6.45) is -0.0999. The molecule has 1 saturated heterocycles. The fourth-order valence-corrected chi connectivity index (χ4v) is 2.70. The van der Waals surface area contributed by atoms with E-state index in [2.05, 4.69) is 10.1 Å². The highest BCUT2D eigenvalue weighted by Gasteiger charge is 2.34. The van der Waals surface area contributed by atoms with Crippen LogP contribution in [0.4, 0.5) is 0 Å². The summed E-state index contributed by atoms with van der Waals surface area (Å²) in [5, 5.41) is 3.41. The van der Waals surface area contributed by atoms with Crippen molar-refractivity contribution in [2.75, 3.05) is 20.2 Å². The molecule has 23 heavy (non-hydrogen) atoms. The Morgan fingerprint density at radius 1 is 1.35 bits per heavy atom. The molecule has 2 rings (SSSR count). The number of methoxy groups -OCH3 is 1. The van der Waals surface area contributed by atoms with Crippen molar-refractivity contribution in [3.05, 3.63) is 33.8 Å². The molecule has 6 nitrogen and oxygen atoms in total. The Labute approximate surface area is 143 Å². The quantitative estimate of drug-likeness (QED) is 0.826. The molecular formula is C15H16Cl2N2O4. The Hall–Kier alpha value is -1.79. The average Bonchev–Trinajstić information content (AvgIpc) is 2.52. The van der Waals surface area contributed by atoms with Crippen LogP contribution in [0.15, 0.2) is 18.2 Å². The maximum atomic E-state index is 12.5. The highest BCUT2D eigenvalue weighted by molar-refractivity contribution is 6.42. The highest BCUT2D eigenvalue weighted by Crippen LogP contribution is 2.23. The summed E-state index contributed by atoms with van der Waals surface area (Å²) in [5.74, 6) is -1.16.